The van der Waals surface area contributed by atoms with Gasteiger partial charge in [-0.05, 0) is 58.0 Å². The second-order valence-electron chi connectivity index (χ2n) is 6.09. The van der Waals surface area contributed by atoms with E-state index in [-0.39, 0.29) is 11.9 Å². The molecular weight excluding hydrogens is 304 g/mol. The number of aromatic nitrogens is 1. The Morgan fingerprint density at radius 3 is 2.67 bits per heavy atom. The predicted molar refractivity (Wildman–Crippen MR) is 91.0 cm³/mol. The Hall–Kier alpha value is -2.69. The lowest BCUT2D eigenvalue weighted by Gasteiger charge is -2.12. The molecule has 0 spiro atoms. The quantitative estimate of drug-likeness (QED) is 0.766. The van der Waals surface area contributed by atoms with Crippen molar-refractivity contribution in [2.24, 2.45) is 0 Å². The number of amides is 1. The van der Waals surface area contributed by atoms with Crippen molar-refractivity contribution in [2.75, 3.05) is 0 Å². The molecule has 3 aromatic heterocycles. The predicted octanol–water partition coefficient (Wildman–Crippen LogP) is 4.14. The van der Waals surface area contributed by atoms with Gasteiger partial charge in [-0.25, -0.2) is 0 Å². The number of furan rings is 2. The van der Waals surface area contributed by atoms with Crippen molar-refractivity contribution < 1.29 is 13.6 Å². The van der Waals surface area contributed by atoms with Crippen LogP contribution < -0.4 is 5.32 Å². The molecule has 0 bridgehead atoms. The first kappa shape index (κ1) is 16.2. The largest absolute Gasteiger partial charge is 0.467 e. The molecule has 1 atom stereocenters. The Kier molecular flexibility index (Phi) is 4.34. The molecule has 0 radical (unpaired) electrons. The highest BCUT2D eigenvalue weighted by Crippen LogP contribution is 2.20. The number of carbonyl (C=O) groups is 1. The minimum atomic E-state index is -0.181. The maximum atomic E-state index is 12.6. The van der Waals surface area contributed by atoms with Crippen molar-refractivity contribution in [1.29, 1.82) is 0 Å². The average molecular weight is 326 g/mol. The van der Waals surface area contributed by atoms with Gasteiger partial charge in [-0.1, -0.05) is 0 Å². The van der Waals surface area contributed by atoms with Crippen LogP contribution in [-0.4, -0.2) is 10.5 Å². The third-order valence-corrected chi connectivity index (χ3v) is 4.25. The van der Waals surface area contributed by atoms with Crippen LogP contribution in [0.3, 0.4) is 0 Å². The molecule has 24 heavy (non-hydrogen) atoms. The molecule has 0 saturated heterocycles. The zero-order valence-corrected chi connectivity index (χ0v) is 14.4. The molecule has 1 amide bonds. The molecule has 3 aromatic rings. The molecule has 0 aliphatic carbocycles. The molecule has 5 nitrogen and oxygen atoms in total. The van der Waals surface area contributed by atoms with Crippen molar-refractivity contribution in [3.8, 4) is 0 Å². The minimum absolute atomic E-state index is 0.102. The topological polar surface area (TPSA) is 60.3 Å². The van der Waals surface area contributed by atoms with Crippen molar-refractivity contribution in [1.82, 2.24) is 9.88 Å². The number of hydrogen-bond acceptors (Lipinski definition) is 3. The number of nitrogens with zero attached hydrogens (tertiary/aromatic N) is 1. The summed E-state index contributed by atoms with van der Waals surface area (Å²) in [6.45, 7) is 8.36. The summed E-state index contributed by atoms with van der Waals surface area (Å²) >= 11 is 0. The minimum Gasteiger partial charge on any atom is -0.467 e. The van der Waals surface area contributed by atoms with E-state index in [1.165, 1.54) is 0 Å². The number of nitrogens with one attached hydrogen (secondary N) is 1. The number of rotatable bonds is 5. The first-order chi connectivity index (χ1) is 11.5. The van der Waals surface area contributed by atoms with Gasteiger partial charge in [0.2, 0.25) is 0 Å². The van der Waals surface area contributed by atoms with Crippen molar-refractivity contribution >= 4 is 5.91 Å². The number of hydrogen-bond donors (Lipinski definition) is 1. The Morgan fingerprint density at radius 2 is 2.04 bits per heavy atom. The van der Waals surface area contributed by atoms with E-state index < -0.39 is 0 Å². The molecule has 1 N–H and O–H groups in total. The molecule has 5 heteroatoms. The highest BCUT2D eigenvalue weighted by Gasteiger charge is 2.19. The van der Waals surface area contributed by atoms with E-state index in [2.05, 4.69) is 9.88 Å². The van der Waals surface area contributed by atoms with Crippen LogP contribution in [0.5, 0.6) is 0 Å². The van der Waals surface area contributed by atoms with Crippen LogP contribution in [0.25, 0.3) is 0 Å². The molecular formula is C19H22N2O3. The fourth-order valence-corrected chi connectivity index (χ4v) is 2.86. The van der Waals surface area contributed by atoms with Crippen molar-refractivity contribution in [2.45, 2.75) is 40.3 Å². The molecule has 0 fully saturated rings. The lowest BCUT2D eigenvalue weighted by Crippen LogP contribution is -2.26. The highest BCUT2D eigenvalue weighted by atomic mass is 16.3. The first-order valence-electron chi connectivity index (χ1n) is 8.02. The summed E-state index contributed by atoms with van der Waals surface area (Å²) in [5, 5.41) is 3.00. The standard InChI is InChI=1S/C19H22N2O3/c1-12-10-17(15(4)21(12)11-16-6-5-9-23-16)19(22)20-14(3)18-8-7-13(2)24-18/h5-10,14H,11H2,1-4H3,(H,20,22). The summed E-state index contributed by atoms with van der Waals surface area (Å²) < 4.78 is 13.1. The van der Waals surface area contributed by atoms with E-state index in [0.717, 1.165) is 28.7 Å². The lowest BCUT2D eigenvalue weighted by atomic mass is 10.2. The van der Waals surface area contributed by atoms with Crippen molar-refractivity contribution in [3.63, 3.8) is 0 Å². The second-order valence-corrected chi connectivity index (χ2v) is 6.09. The fourth-order valence-electron chi connectivity index (χ4n) is 2.86. The Labute approximate surface area is 141 Å². The second kappa shape index (κ2) is 6.43. The molecule has 3 rings (SSSR count). The van der Waals surface area contributed by atoms with Gasteiger partial charge in [0.05, 0.1) is 24.4 Å². The van der Waals surface area contributed by atoms with Gasteiger partial charge in [-0.3, -0.25) is 4.79 Å². The molecule has 0 aliphatic rings. The van der Waals surface area contributed by atoms with Crippen LogP contribution in [0.4, 0.5) is 0 Å². The van der Waals surface area contributed by atoms with E-state index in [1.54, 1.807) is 6.26 Å². The van der Waals surface area contributed by atoms with Crippen LogP contribution in [0.2, 0.25) is 0 Å². The van der Waals surface area contributed by atoms with E-state index in [4.69, 9.17) is 8.83 Å². The highest BCUT2D eigenvalue weighted by molar-refractivity contribution is 5.95. The SMILES string of the molecule is Cc1ccc(C(C)NC(=O)c2cc(C)n(Cc3ccco3)c2C)o1. The van der Waals surface area contributed by atoms with Crippen molar-refractivity contribution in [3.05, 3.63) is 70.8 Å². The van der Waals surface area contributed by atoms with Gasteiger partial charge in [0, 0.05) is 11.4 Å². The summed E-state index contributed by atoms with van der Waals surface area (Å²) in [6, 6.07) is 9.31. The molecule has 3 heterocycles. The molecule has 126 valence electrons. The van der Waals surface area contributed by atoms with Gasteiger partial charge >= 0.3 is 0 Å². The van der Waals surface area contributed by atoms with E-state index in [9.17, 15) is 4.79 Å². The summed E-state index contributed by atoms with van der Waals surface area (Å²) in [5.41, 5.74) is 2.62. The van der Waals surface area contributed by atoms with Gasteiger partial charge in [0.25, 0.3) is 5.91 Å². The summed E-state index contributed by atoms with van der Waals surface area (Å²) in [5.74, 6) is 2.35. The summed E-state index contributed by atoms with van der Waals surface area (Å²) in [7, 11) is 0. The molecule has 0 saturated carbocycles. The Balaban J connectivity index is 1.78. The summed E-state index contributed by atoms with van der Waals surface area (Å²) in [4.78, 5) is 12.6. The van der Waals surface area contributed by atoms with Gasteiger partial charge in [-0.15, -0.1) is 0 Å². The normalized spacial score (nSPS) is 12.3. The third kappa shape index (κ3) is 3.15. The van der Waals surface area contributed by atoms with Gasteiger partial charge in [-0.2, -0.15) is 0 Å². The first-order valence-corrected chi connectivity index (χ1v) is 8.02. The number of carbonyl (C=O) groups excluding carboxylic acids is 1. The van der Waals surface area contributed by atoms with E-state index >= 15 is 0 Å². The summed E-state index contributed by atoms with van der Waals surface area (Å²) in [6.07, 6.45) is 1.66. The molecule has 0 aliphatic heterocycles. The molecule has 1 unspecified atom stereocenters. The Morgan fingerprint density at radius 1 is 1.25 bits per heavy atom. The lowest BCUT2D eigenvalue weighted by molar-refractivity contribution is 0.0934. The average Bonchev–Trinajstić information content (AvgIpc) is 3.25. The van der Waals surface area contributed by atoms with Gasteiger partial charge in [0.15, 0.2) is 0 Å². The van der Waals surface area contributed by atoms with E-state index in [1.807, 2.05) is 58.0 Å². The van der Waals surface area contributed by atoms with Crippen LogP contribution in [0.15, 0.2) is 45.4 Å². The van der Waals surface area contributed by atoms with Gasteiger partial charge < -0.3 is 18.7 Å². The Bertz CT molecular complexity index is 840. The smallest absolute Gasteiger partial charge is 0.253 e. The maximum absolute atomic E-state index is 12.6. The fraction of sp³-hybridized carbons (Fsp3) is 0.316. The molecule has 0 aromatic carbocycles. The van der Waals surface area contributed by atoms with Crippen LogP contribution in [-0.2, 0) is 6.54 Å². The zero-order valence-electron chi connectivity index (χ0n) is 14.4. The number of aryl methyl sites for hydroxylation is 2. The monoisotopic (exact) mass is 326 g/mol. The zero-order chi connectivity index (χ0) is 17.3. The third-order valence-electron chi connectivity index (χ3n) is 4.25. The van der Waals surface area contributed by atoms with Crippen LogP contribution in [0.1, 0.15) is 52.0 Å². The van der Waals surface area contributed by atoms with Crippen LogP contribution in [0, 0.1) is 20.8 Å². The van der Waals surface area contributed by atoms with Gasteiger partial charge in [0.1, 0.15) is 17.3 Å². The van der Waals surface area contributed by atoms with E-state index in [0.29, 0.717) is 12.1 Å². The van der Waals surface area contributed by atoms with Crippen LogP contribution >= 0.6 is 0 Å². The maximum Gasteiger partial charge on any atom is 0.253 e.